The third kappa shape index (κ3) is 4.23. The van der Waals surface area contributed by atoms with E-state index in [1.54, 1.807) is 36.4 Å². The Labute approximate surface area is 177 Å². The molecule has 3 aliphatic rings. The van der Waals surface area contributed by atoms with Crippen molar-refractivity contribution in [2.75, 3.05) is 13.2 Å². The van der Waals surface area contributed by atoms with Gasteiger partial charge in [0.15, 0.2) is 0 Å². The topological polar surface area (TPSA) is 70.7 Å². The summed E-state index contributed by atoms with van der Waals surface area (Å²) in [5.41, 5.74) is 0.132. The molecule has 3 aliphatic heterocycles. The van der Waals surface area contributed by atoms with E-state index in [9.17, 15) is 22.8 Å². The summed E-state index contributed by atoms with van der Waals surface area (Å²) in [5, 5.41) is 5.39. The molecule has 1 fully saturated rings. The number of hydrogen-bond acceptors (Lipinski definition) is 4. The Morgan fingerprint density at radius 1 is 1.26 bits per heavy atom. The van der Waals surface area contributed by atoms with Gasteiger partial charge in [0.2, 0.25) is 0 Å². The quantitative estimate of drug-likeness (QED) is 0.769. The summed E-state index contributed by atoms with van der Waals surface area (Å²) in [7, 11) is 0. The van der Waals surface area contributed by atoms with Gasteiger partial charge in [-0.25, -0.2) is 0 Å². The average Bonchev–Trinajstić information content (AvgIpc) is 2.76. The average molecular weight is 433 g/mol. The minimum Gasteiger partial charge on any atom is -0.379 e. The lowest BCUT2D eigenvalue weighted by Crippen LogP contribution is -2.54. The van der Waals surface area contributed by atoms with Gasteiger partial charge in [0.25, 0.3) is 11.8 Å². The largest absolute Gasteiger partial charge is 0.431 e. The number of allylic oxidation sites excluding steroid dienone is 3. The summed E-state index contributed by atoms with van der Waals surface area (Å²) in [5.74, 6) is -0.936. The maximum absolute atomic E-state index is 13.4. The highest BCUT2D eigenvalue weighted by molar-refractivity contribution is 5.98. The molecule has 2 unspecified atom stereocenters. The highest BCUT2D eigenvalue weighted by atomic mass is 19.4. The summed E-state index contributed by atoms with van der Waals surface area (Å²) < 4.78 is 45.6. The first-order valence-electron chi connectivity index (χ1n) is 10.0. The third-order valence-electron chi connectivity index (χ3n) is 5.57. The molecule has 3 heterocycles. The summed E-state index contributed by atoms with van der Waals surface area (Å²) in [4.78, 5) is 26.2. The number of rotatable bonds is 3. The van der Waals surface area contributed by atoms with Crippen LogP contribution in [0.2, 0.25) is 0 Å². The highest BCUT2D eigenvalue weighted by Gasteiger charge is 2.44. The first kappa shape index (κ1) is 21.2. The molecule has 1 aromatic carbocycles. The maximum Gasteiger partial charge on any atom is 0.431 e. The summed E-state index contributed by atoms with van der Waals surface area (Å²) >= 11 is 0. The molecule has 31 heavy (non-hydrogen) atoms. The number of nitrogens with zero attached hydrogens (tertiary/aromatic N) is 1. The molecule has 2 N–H and O–H groups in total. The fraction of sp³-hybridized carbons (Fsp3) is 0.364. The van der Waals surface area contributed by atoms with E-state index in [-0.39, 0.29) is 17.5 Å². The molecule has 2 atom stereocenters. The molecule has 0 aliphatic carbocycles. The Kier molecular flexibility index (Phi) is 5.62. The Bertz CT molecular complexity index is 974. The van der Waals surface area contributed by atoms with Crippen molar-refractivity contribution in [3.05, 3.63) is 65.0 Å². The van der Waals surface area contributed by atoms with Crippen molar-refractivity contribution < 1.29 is 27.5 Å². The van der Waals surface area contributed by atoms with Crippen LogP contribution in [-0.4, -0.2) is 48.3 Å². The number of ether oxygens (including phenoxy) is 1. The van der Waals surface area contributed by atoms with E-state index < -0.39 is 23.9 Å². The van der Waals surface area contributed by atoms with Gasteiger partial charge in [0.05, 0.1) is 12.6 Å². The maximum atomic E-state index is 13.4. The Morgan fingerprint density at radius 3 is 2.65 bits per heavy atom. The minimum atomic E-state index is -4.66. The third-order valence-corrected chi connectivity index (χ3v) is 5.57. The van der Waals surface area contributed by atoms with E-state index >= 15 is 0 Å². The van der Waals surface area contributed by atoms with Crippen LogP contribution in [-0.2, 0) is 9.53 Å². The van der Waals surface area contributed by atoms with Gasteiger partial charge in [-0.15, -0.1) is 0 Å². The molecule has 4 rings (SSSR count). The van der Waals surface area contributed by atoms with Crippen molar-refractivity contribution in [2.24, 2.45) is 0 Å². The van der Waals surface area contributed by atoms with Crippen LogP contribution in [0.25, 0.3) is 5.57 Å². The number of alkyl halides is 3. The van der Waals surface area contributed by atoms with Crippen LogP contribution in [0.3, 0.4) is 0 Å². The predicted molar refractivity (Wildman–Crippen MR) is 107 cm³/mol. The normalized spacial score (nSPS) is 23.8. The number of nitrogens with one attached hydrogen (secondary N) is 2. The van der Waals surface area contributed by atoms with Gasteiger partial charge in [-0.05, 0) is 43.5 Å². The van der Waals surface area contributed by atoms with Gasteiger partial charge in [0, 0.05) is 29.5 Å². The van der Waals surface area contributed by atoms with Crippen LogP contribution in [0, 0.1) is 0 Å². The van der Waals surface area contributed by atoms with Gasteiger partial charge in [0.1, 0.15) is 11.9 Å². The first-order chi connectivity index (χ1) is 14.8. The van der Waals surface area contributed by atoms with Crippen LogP contribution in [0.15, 0.2) is 53.9 Å². The molecule has 0 aromatic heterocycles. The molecule has 0 radical (unpaired) electrons. The number of carbonyl (C=O) groups excluding carboxylic acids is 2. The Hall–Kier alpha value is -3.07. The van der Waals surface area contributed by atoms with Crippen molar-refractivity contribution in [3.8, 4) is 0 Å². The first-order valence-corrected chi connectivity index (χ1v) is 10.0. The number of amides is 2. The van der Waals surface area contributed by atoms with Crippen molar-refractivity contribution in [1.29, 1.82) is 0 Å². The van der Waals surface area contributed by atoms with E-state index in [1.807, 2.05) is 0 Å². The van der Waals surface area contributed by atoms with Crippen LogP contribution >= 0.6 is 0 Å². The zero-order valence-corrected chi connectivity index (χ0v) is 16.8. The van der Waals surface area contributed by atoms with Gasteiger partial charge in [-0.2, -0.15) is 13.2 Å². The molecule has 2 amide bonds. The van der Waals surface area contributed by atoms with Crippen LogP contribution < -0.4 is 10.6 Å². The molecule has 1 aromatic rings. The zero-order valence-electron chi connectivity index (χ0n) is 16.8. The van der Waals surface area contributed by atoms with Crippen molar-refractivity contribution in [1.82, 2.24) is 15.5 Å². The SMILES string of the molecule is CC1=C(C(F)(F)F)NC2C(c3ccc(C(=O)NC4CCCOC4)cc3)=CC=CN2C1=O. The summed E-state index contributed by atoms with van der Waals surface area (Å²) in [6, 6.07) is 6.54. The standard InChI is InChI=1S/C22H22F3N3O3/c1-13-18(22(23,24)25)27-19-17(5-2-10-28(19)21(13)30)14-6-8-15(9-7-14)20(29)26-16-4-3-11-31-12-16/h2,5-10,16,19,27H,3-4,11-12H2,1H3,(H,26,29). The molecular weight excluding hydrogens is 411 g/mol. The van der Waals surface area contributed by atoms with E-state index in [2.05, 4.69) is 10.6 Å². The lowest BCUT2D eigenvalue weighted by Gasteiger charge is -2.39. The lowest BCUT2D eigenvalue weighted by molar-refractivity contribution is -0.132. The fourth-order valence-corrected chi connectivity index (χ4v) is 3.93. The number of fused-ring (bicyclic) bond motifs is 1. The molecule has 0 saturated carbocycles. The number of halogens is 3. The van der Waals surface area contributed by atoms with E-state index in [4.69, 9.17) is 4.74 Å². The van der Waals surface area contributed by atoms with Crippen molar-refractivity contribution in [2.45, 2.75) is 38.1 Å². The number of benzene rings is 1. The highest BCUT2D eigenvalue weighted by Crippen LogP contribution is 2.35. The molecule has 6 nitrogen and oxygen atoms in total. The van der Waals surface area contributed by atoms with E-state index in [1.165, 1.54) is 11.1 Å². The van der Waals surface area contributed by atoms with Crippen LogP contribution in [0.4, 0.5) is 13.2 Å². The monoisotopic (exact) mass is 433 g/mol. The Morgan fingerprint density at radius 2 is 2.00 bits per heavy atom. The molecule has 9 heteroatoms. The molecule has 164 valence electrons. The number of carbonyl (C=O) groups is 2. The smallest absolute Gasteiger partial charge is 0.379 e. The van der Waals surface area contributed by atoms with Gasteiger partial charge >= 0.3 is 6.18 Å². The summed E-state index contributed by atoms with van der Waals surface area (Å²) in [6.07, 6.45) is 0.817. The minimum absolute atomic E-state index is 0.0334. The van der Waals surface area contributed by atoms with Gasteiger partial charge in [-0.1, -0.05) is 18.2 Å². The molecular formula is C22H22F3N3O3. The second-order valence-corrected chi connectivity index (χ2v) is 7.69. The predicted octanol–water partition coefficient (Wildman–Crippen LogP) is 3.10. The van der Waals surface area contributed by atoms with Crippen LogP contribution in [0.1, 0.15) is 35.7 Å². The van der Waals surface area contributed by atoms with Crippen molar-refractivity contribution >= 4 is 17.4 Å². The fourth-order valence-electron chi connectivity index (χ4n) is 3.93. The number of hydrogen-bond donors (Lipinski definition) is 2. The van der Waals surface area contributed by atoms with E-state index in [0.717, 1.165) is 19.8 Å². The molecule has 0 spiro atoms. The Balaban J connectivity index is 1.54. The van der Waals surface area contributed by atoms with Crippen molar-refractivity contribution in [3.63, 3.8) is 0 Å². The zero-order chi connectivity index (χ0) is 22.2. The second kappa shape index (κ2) is 8.22. The van der Waals surface area contributed by atoms with Gasteiger partial charge < -0.3 is 15.4 Å². The van der Waals surface area contributed by atoms with Gasteiger partial charge in [-0.3, -0.25) is 14.5 Å². The molecule has 1 saturated heterocycles. The summed E-state index contributed by atoms with van der Waals surface area (Å²) in [6.45, 7) is 2.34. The lowest BCUT2D eigenvalue weighted by atomic mass is 9.95. The van der Waals surface area contributed by atoms with Crippen LogP contribution in [0.5, 0.6) is 0 Å². The van der Waals surface area contributed by atoms with E-state index in [0.29, 0.717) is 29.9 Å². The molecule has 0 bridgehead atoms. The second-order valence-electron chi connectivity index (χ2n) is 7.69.